The summed E-state index contributed by atoms with van der Waals surface area (Å²) < 4.78 is 27.3. The lowest BCUT2D eigenvalue weighted by molar-refractivity contribution is 0.435. The molecule has 0 bridgehead atoms. The van der Waals surface area contributed by atoms with Gasteiger partial charge in [-0.05, 0) is 28.4 Å². The number of anilines is 1. The first-order chi connectivity index (χ1) is 9.97. The molecule has 116 valence electrons. The van der Waals surface area contributed by atoms with Crippen molar-refractivity contribution >= 4 is 31.8 Å². The first-order valence-corrected chi connectivity index (χ1v) is 8.97. The first-order valence-electron chi connectivity index (χ1n) is 6.73. The fraction of sp³-hybridized carbons (Fsp3) is 0.538. The second kappa shape index (κ2) is 8.32. The molecule has 0 aliphatic carbocycles. The molecule has 1 aromatic rings. The van der Waals surface area contributed by atoms with E-state index in [1.54, 1.807) is 13.1 Å². The number of halogens is 1. The van der Waals surface area contributed by atoms with E-state index in [-0.39, 0.29) is 17.9 Å². The molecule has 1 N–H and O–H groups in total. The zero-order valence-electron chi connectivity index (χ0n) is 12.1. The molecule has 0 atom stereocenters. The molecule has 0 amide bonds. The van der Waals surface area contributed by atoms with Gasteiger partial charge in [0.2, 0.25) is 10.0 Å². The van der Waals surface area contributed by atoms with Crippen LogP contribution in [0, 0.1) is 11.3 Å². The number of aromatic nitrogens is 1. The molecule has 0 saturated carbocycles. The van der Waals surface area contributed by atoms with Crippen molar-refractivity contribution in [2.24, 2.45) is 0 Å². The van der Waals surface area contributed by atoms with Crippen LogP contribution in [-0.2, 0) is 10.0 Å². The Balaban J connectivity index is 3.21. The van der Waals surface area contributed by atoms with Gasteiger partial charge in [0.1, 0.15) is 10.7 Å². The highest BCUT2D eigenvalue weighted by Crippen LogP contribution is 2.26. The Morgan fingerprint density at radius 3 is 2.76 bits per heavy atom. The SMILES string of the molecule is CCCNc1ncc(Br)cc1S(=O)(=O)N(CC)CCC#N. The smallest absolute Gasteiger partial charge is 0.246 e. The maximum atomic E-state index is 12.7. The summed E-state index contributed by atoms with van der Waals surface area (Å²) in [7, 11) is -3.68. The van der Waals surface area contributed by atoms with Gasteiger partial charge in [0.25, 0.3) is 0 Å². The average molecular weight is 375 g/mol. The number of hydrogen-bond donors (Lipinski definition) is 1. The van der Waals surface area contributed by atoms with Gasteiger partial charge >= 0.3 is 0 Å². The third-order valence-electron chi connectivity index (χ3n) is 2.81. The molecule has 0 aliphatic rings. The topological polar surface area (TPSA) is 86.1 Å². The number of nitrogens with one attached hydrogen (secondary N) is 1. The van der Waals surface area contributed by atoms with Gasteiger partial charge in [-0.1, -0.05) is 13.8 Å². The second-order valence-corrected chi connectivity index (χ2v) is 7.15. The van der Waals surface area contributed by atoms with Gasteiger partial charge in [0.15, 0.2) is 0 Å². The second-order valence-electron chi connectivity index (χ2n) is 4.33. The maximum Gasteiger partial charge on any atom is 0.246 e. The minimum Gasteiger partial charge on any atom is -0.369 e. The molecule has 0 radical (unpaired) electrons. The molecule has 0 fully saturated rings. The molecule has 0 saturated heterocycles. The van der Waals surface area contributed by atoms with Gasteiger partial charge in [-0.2, -0.15) is 9.57 Å². The molecule has 0 unspecified atom stereocenters. The van der Waals surface area contributed by atoms with Crippen LogP contribution in [0.3, 0.4) is 0 Å². The molecule has 1 rings (SSSR count). The number of nitrogens with zero attached hydrogens (tertiary/aromatic N) is 3. The summed E-state index contributed by atoms with van der Waals surface area (Å²) >= 11 is 3.26. The van der Waals surface area contributed by atoms with Crippen LogP contribution in [0.25, 0.3) is 0 Å². The lowest BCUT2D eigenvalue weighted by Gasteiger charge is -2.21. The Morgan fingerprint density at radius 2 is 2.19 bits per heavy atom. The van der Waals surface area contributed by atoms with Gasteiger partial charge in [-0.3, -0.25) is 0 Å². The van der Waals surface area contributed by atoms with E-state index in [0.717, 1.165) is 6.42 Å². The van der Waals surface area contributed by atoms with Crippen molar-refractivity contribution in [3.05, 3.63) is 16.7 Å². The lowest BCUT2D eigenvalue weighted by Crippen LogP contribution is -2.32. The number of hydrogen-bond acceptors (Lipinski definition) is 5. The Bertz CT molecular complexity index is 613. The van der Waals surface area contributed by atoms with Crippen molar-refractivity contribution in [3.63, 3.8) is 0 Å². The fourth-order valence-electron chi connectivity index (χ4n) is 1.76. The van der Waals surface area contributed by atoms with E-state index in [0.29, 0.717) is 23.4 Å². The maximum absolute atomic E-state index is 12.7. The first kappa shape index (κ1) is 17.9. The Hall–Kier alpha value is -1.17. The zero-order chi connectivity index (χ0) is 15.9. The number of rotatable bonds is 8. The van der Waals surface area contributed by atoms with Crippen LogP contribution >= 0.6 is 15.9 Å². The third kappa shape index (κ3) is 4.66. The minimum absolute atomic E-state index is 0.130. The van der Waals surface area contributed by atoms with E-state index in [9.17, 15) is 8.42 Å². The van der Waals surface area contributed by atoms with Crippen molar-refractivity contribution in [1.29, 1.82) is 5.26 Å². The lowest BCUT2D eigenvalue weighted by atomic mass is 10.4. The van der Waals surface area contributed by atoms with Crippen molar-refractivity contribution in [2.45, 2.75) is 31.6 Å². The molecule has 0 aliphatic heterocycles. The van der Waals surface area contributed by atoms with E-state index < -0.39 is 10.0 Å². The highest BCUT2D eigenvalue weighted by atomic mass is 79.9. The summed E-state index contributed by atoms with van der Waals surface area (Å²) in [6, 6.07) is 3.51. The standard InChI is InChI=1S/C13H19BrN4O2S/c1-3-7-16-13-12(9-11(14)10-17-13)21(19,20)18(4-2)8-5-6-15/h9-10H,3-5,7-8H2,1-2H3,(H,16,17). The third-order valence-corrected chi connectivity index (χ3v) is 5.23. The Morgan fingerprint density at radius 1 is 1.48 bits per heavy atom. The van der Waals surface area contributed by atoms with Gasteiger partial charge in [0.05, 0.1) is 6.07 Å². The van der Waals surface area contributed by atoms with Crippen LogP contribution in [-0.4, -0.2) is 37.3 Å². The summed E-state index contributed by atoms with van der Waals surface area (Å²) in [5.41, 5.74) is 0. The summed E-state index contributed by atoms with van der Waals surface area (Å²) in [6.07, 6.45) is 2.58. The number of pyridine rings is 1. The van der Waals surface area contributed by atoms with E-state index in [1.165, 1.54) is 10.4 Å². The molecule has 1 aromatic heterocycles. The van der Waals surface area contributed by atoms with Crippen molar-refractivity contribution < 1.29 is 8.42 Å². The van der Waals surface area contributed by atoms with Crippen molar-refractivity contribution in [1.82, 2.24) is 9.29 Å². The monoisotopic (exact) mass is 374 g/mol. The van der Waals surface area contributed by atoms with Crippen LogP contribution in [0.2, 0.25) is 0 Å². The van der Waals surface area contributed by atoms with Gasteiger partial charge < -0.3 is 5.32 Å². The van der Waals surface area contributed by atoms with Crippen molar-refractivity contribution in [2.75, 3.05) is 25.0 Å². The molecule has 1 heterocycles. The quantitative estimate of drug-likeness (QED) is 0.755. The minimum atomic E-state index is -3.68. The van der Waals surface area contributed by atoms with Gasteiger partial charge in [-0.15, -0.1) is 0 Å². The summed E-state index contributed by atoms with van der Waals surface area (Å²) in [6.45, 7) is 4.87. The molecular formula is C13H19BrN4O2S. The largest absolute Gasteiger partial charge is 0.369 e. The summed E-state index contributed by atoms with van der Waals surface area (Å²) in [5, 5.41) is 11.7. The van der Waals surface area contributed by atoms with Gasteiger partial charge in [-0.25, -0.2) is 13.4 Å². The molecular weight excluding hydrogens is 356 g/mol. The van der Waals surface area contributed by atoms with Gasteiger partial charge in [0, 0.05) is 36.7 Å². The predicted molar refractivity (Wildman–Crippen MR) is 85.4 cm³/mol. The van der Waals surface area contributed by atoms with Crippen LogP contribution in [0.15, 0.2) is 21.6 Å². The number of sulfonamides is 1. The average Bonchev–Trinajstić information content (AvgIpc) is 2.46. The van der Waals surface area contributed by atoms with Crippen LogP contribution in [0.5, 0.6) is 0 Å². The highest BCUT2D eigenvalue weighted by molar-refractivity contribution is 9.10. The summed E-state index contributed by atoms with van der Waals surface area (Å²) in [5.74, 6) is 0.343. The number of nitriles is 1. The van der Waals surface area contributed by atoms with Crippen LogP contribution in [0.1, 0.15) is 26.7 Å². The van der Waals surface area contributed by atoms with E-state index >= 15 is 0 Å². The summed E-state index contributed by atoms with van der Waals surface area (Å²) in [4.78, 5) is 4.28. The molecule has 6 nitrogen and oxygen atoms in total. The zero-order valence-corrected chi connectivity index (χ0v) is 14.5. The predicted octanol–water partition coefficient (Wildman–Crippen LogP) is 2.59. The molecule has 8 heteroatoms. The normalized spacial score (nSPS) is 11.4. The van der Waals surface area contributed by atoms with Crippen LogP contribution in [0.4, 0.5) is 5.82 Å². The van der Waals surface area contributed by atoms with Crippen molar-refractivity contribution in [3.8, 4) is 6.07 Å². The molecule has 0 aromatic carbocycles. The van der Waals surface area contributed by atoms with E-state index in [4.69, 9.17) is 5.26 Å². The van der Waals surface area contributed by atoms with E-state index in [1.807, 2.05) is 13.0 Å². The highest BCUT2D eigenvalue weighted by Gasteiger charge is 2.26. The van der Waals surface area contributed by atoms with E-state index in [2.05, 4.69) is 26.2 Å². The fourth-order valence-corrected chi connectivity index (χ4v) is 3.83. The Kier molecular flexibility index (Phi) is 7.08. The molecule has 0 spiro atoms. The Labute approximate surface area is 134 Å². The van der Waals surface area contributed by atoms with Crippen LogP contribution < -0.4 is 5.32 Å². The molecule has 21 heavy (non-hydrogen) atoms.